The molecule has 0 aliphatic carbocycles. The maximum absolute atomic E-state index is 10.3. The molecule has 1 N–H and O–H groups in total. The average molecular weight is 184 g/mol. The molecule has 0 amide bonds. The standard InChI is InChI=1S/C9H12O2S/c1-7(6-9(10)11)5-8-3-2-4-12-8/h2-4,7H,5-6H2,1H3,(H,10,11). The van der Waals surface area contributed by atoms with Gasteiger partial charge in [0.25, 0.3) is 0 Å². The minimum Gasteiger partial charge on any atom is -0.481 e. The van der Waals surface area contributed by atoms with Crippen LogP contribution in [0.25, 0.3) is 0 Å². The lowest BCUT2D eigenvalue weighted by Crippen LogP contribution is -2.05. The maximum atomic E-state index is 10.3. The molecule has 1 unspecified atom stereocenters. The van der Waals surface area contributed by atoms with Crippen LogP contribution in [0.5, 0.6) is 0 Å². The zero-order chi connectivity index (χ0) is 8.97. The molecule has 1 atom stereocenters. The third-order valence-electron chi connectivity index (χ3n) is 1.65. The van der Waals surface area contributed by atoms with Crippen LogP contribution >= 0.6 is 11.3 Å². The van der Waals surface area contributed by atoms with Crippen LogP contribution in [-0.4, -0.2) is 11.1 Å². The molecule has 0 spiro atoms. The Morgan fingerprint density at radius 3 is 3.00 bits per heavy atom. The van der Waals surface area contributed by atoms with Crippen molar-refractivity contribution in [2.45, 2.75) is 19.8 Å². The fourth-order valence-electron chi connectivity index (χ4n) is 1.14. The maximum Gasteiger partial charge on any atom is 0.303 e. The summed E-state index contributed by atoms with van der Waals surface area (Å²) in [5, 5.41) is 10.5. The van der Waals surface area contributed by atoms with Crippen molar-refractivity contribution in [3.63, 3.8) is 0 Å². The molecule has 1 rings (SSSR count). The summed E-state index contributed by atoms with van der Waals surface area (Å²) >= 11 is 1.69. The molecular weight excluding hydrogens is 172 g/mol. The lowest BCUT2D eigenvalue weighted by Gasteiger charge is -2.05. The van der Waals surface area contributed by atoms with E-state index in [9.17, 15) is 4.79 Å². The first-order valence-corrected chi connectivity index (χ1v) is 4.80. The summed E-state index contributed by atoms with van der Waals surface area (Å²) in [7, 11) is 0. The summed E-state index contributed by atoms with van der Waals surface area (Å²) in [5.74, 6) is -0.472. The molecule has 0 fully saturated rings. The summed E-state index contributed by atoms with van der Waals surface area (Å²) < 4.78 is 0. The van der Waals surface area contributed by atoms with Crippen molar-refractivity contribution in [3.05, 3.63) is 22.4 Å². The Labute approximate surface area is 75.9 Å². The third kappa shape index (κ3) is 3.05. The van der Waals surface area contributed by atoms with Crippen molar-refractivity contribution >= 4 is 17.3 Å². The Hall–Kier alpha value is -0.830. The van der Waals surface area contributed by atoms with E-state index in [-0.39, 0.29) is 12.3 Å². The monoisotopic (exact) mass is 184 g/mol. The normalized spacial score (nSPS) is 12.8. The second kappa shape index (κ2) is 4.26. The molecule has 0 saturated heterocycles. The summed E-state index contributed by atoms with van der Waals surface area (Å²) in [6.45, 7) is 1.97. The van der Waals surface area contributed by atoms with E-state index in [1.54, 1.807) is 11.3 Å². The van der Waals surface area contributed by atoms with E-state index in [1.165, 1.54) is 4.88 Å². The van der Waals surface area contributed by atoms with Gasteiger partial charge in [0.15, 0.2) is 0 Å². The second-order valence-corrected chi connectivity index (χ2v) is 4.02. The zero-order valence-electron chi connectivity index (χ0n) is 6.99. The van der Waals surface area contributed by atoms with Gasteiger partial charge >= 0.3 is 5.97 Å². The van der Waals surface area contributed by atoms with Gasteiger partial charge in [-0.05, 0) is 23.8 Å². The quantitative estimate of drug-likeness (QED) is 0.780. The second-order valence-electron chi connectivity index (χ2n) is 2.99. The van der Waals surface area contributed by atoms with E-state index >= 15 is 0 Å². The largest absolute Gasteiger partial charge is 0.481 e. The number of thiophene rings is 1. The van der Waals surface area contributed by atoms with Gasteiger partial charge in [0, 0.05) is 11.3 Å². The van der Waals surface area contributed by atoms with Crippen molar-refractivity contribution in [1.29, 1.82) is 0 Å². The van der Waals surface area contributed by atoms with E-state index in [0.29, 0.717) is 0 Å². The molecule has 1 aromatic rings. The molecule has 66 valence electrons. The fraction of sp³-hybridized carbons (Fsp3) is 0.444. The Balaban J connectivity index is 2.36. The first kappa shape index (κ1) is 9.26. The number of hydrogen-bond acceptors (Lipinski definition) is 2. The molecule has 0 bridgehead atoms. The molecule has 1 aromatic heterocycles. The molecule has 1 heterocycles. The predicted molar refractivity (Wildman–Crippen MR) is 49.4 cm³/mol. The van der Waals surface area contributed by atoms with E-state index < -0.39 is 5.97 Å². The van der Waals surface area contributed by atoms with Crippen LogP contribution in [0, 0.1) is 5.92 Å². The van der Waals surface area contributed by atoms with Crippen molar-refractivity contribution < 1.29 is 9.90 Å². The van der Waals surface area contributed by atoms with E-state index in [1.807, 2.05) is 24.4 Å². The predicted octanol–water partition coefficient (Wildman–Crippen LogP) is 2.40. The van der Waals surface area contributed by atoms with Crippen LogP contribution in [-0.2, 0) is 11.2 Å². The Kier molecular flexibility index (Phi) is 3.29. The van der Waals surface area contributed by atoms with Crippen molar-refractivity contribution in [2.24, 2.45) is 5.92 Å². The minimum absolute atomic E-state index is 0.237. The highest BCUT2D eigenvalue weighted by Gasteiger charge is 2.08. The number of carboxylic acid groups (broad SMARTS) is 1. The van der Waals surface area contributed by atoms with E-state index in [4.69, 9.17) is 5.11 Å². The van der Waals surface area contributed by atoms with Gasteiger partial charge in [0.1, 0.15) is 0 Å². The van der Waals surface area contributed by atoms with Gasteiger partial charge in [-0.15, -0.1) is 11.3 Å². The molecule has 2 nitrogen and oxygen atoms in total. The van der Waals surface area contributed by atoms with E-state index in [2.05, 4.69) is 0 Å². The average Bonchev–Trinajstić information content (AvgIpc) is 2.37. The Morgan fingerprint density at radius 2 is 2.50 bits per heavy atom. The summed E-state index contributed by atoms with van der Waals surface area (Å²) in [6, 6.07) is 4.04. The van der Waals surface area contributed by atoms with Crippen LogP contribution in [0.2, 0.25) is 0 Å². The topological polar surface area (TPSA) is 37.3 Å². The van der Waals surface area contributed by atoms with Gasteiger partial charge < -0.3 is 5.11 Å². The number of hydrogen-bond donors (Lipinski definition) is 1. The van der Waals surface area contributed by atoms with Gasteiger partial charge in [-0.1, -0.05) is 13.0 Å². The number of carboxylic acids is 1. The number of carbonyl (C=O) groups is 1. The van der Waals surface area contributed by atoms with Gasteiger partial charge in [-0.25, -0.2) is 0 Å². The first-order valence-electron chi connectivity index (χ1n) is 3.92. The SMILES string of the molecule is CC(CC(=O)O)Cc1cccs1. The molecule has 0 aliphatic rings. The van der Waals surface area contributed by atoms with Crippen molar-refractivity contribution in [2.75, 3.05) is 0 Å². The Bertz CT molecular complexity index is 241. The minimum atomic E-state index is -0.709. The van der Waals surface area contributed by atoms with Crippen LogP contribution < -0.4 is 0 Å². The van der Waals surface area contributed by atoms with Crippen LogP contribution in [0.1, 0.15) is 18.2 Å². The van der Waals surface area contributed by atoms with Crippen LogP contribution in [0.3, 0.4) is 0 Å². The molecule has 0 aromatic carbocycles. The highest BCUT2D eigenvalue weighted by molar-refractivity contribution is 7.09. The summed E-state index contributed by atoms with van der Waals surface area (Å²) in [6.07, 6.45) is 1.14. The molecular formula is C9H12O2S. The fourth-order valence-corrected chi connectivity index (χ4v) is 2.01. The third-order valence-corrected chi connectivity index (χ3v) is 2.55. The van der Waals surface area contributed by atoms with Gasteiger partial charge in [-0.2, -0.15) is 0 Å². The summed E-state index contributed by atoms with van der Waals surface area (Å²) in [4.78, 5) is 11.6. The van der Waals surface area contributed by atoms with Crippen molar-refractivity contribution in [1.82, 2.24) is 0 Å². The number of aliphatic carboxylic acids is 1. The molecule has 0 aliphatic heterocycles. The first-order chi connectivity index (χ1) is 5.68. The van der Waals surface area contributed by atoms with Gasteiger partial charge in [0.05, 0.1) is 0 Å². The van der Waals surface area contributed by atoms with Gasteiger partial charge in [0.2, 0.25) is 0 Å². The van der Waals surface area contributed by atoms with E-state index in [0.717, 1.165) is 6.42 Å². The lowest BCUT2D eigenvalue weighted by atomic mass is 10.0. The molecule has 3 heteroatoms. The van der Waals surface area contributed by atoms with Crippen molar-refractivity contribution in [3.8, 4) is 0 Å². The highest BCUT2D eigenvalue weighted by atomic mass is 32.1. The highest BCUT2D eigenvalue weighted by Crippen LogP contribution is 2.16. The molecule has 0 saturated carbocycles. The van der Waals surface area contributed by atoms with Crippen LogP contribution in [0.15, 0.2) is 17.5 Å². The lowest BCUT2D eigenvalue weighted by molar-refractivity contribution is -0.137. The molecule has 0 radical (unpaired) electrons. The van der Waals surface area contributed by atoms with Crippen LogP contribution in [0.4, 0.5) is 0 Å². The number of rotatable bonds is 4. The Morgan fingerprint density at radius 1 is 1.75 bits per heavy atom. The zero-order valence-corrected chi connectivity index (χ0v) is 7.80. The smallest absolute Gasteiger partial charge is 0.303 e. The molecule has 12 heavy (non-hydrogen) atoms. The summed E-state index contributed by atoms with van der Waals surface area (Å²) in [5.41, 5.74) is 0. The van der Waals surface area contributed by atoms with Gasteiger partial charge in [-0.3, -0.25) is 4.79 Å².